The highest BCUT2D eigenvalue weighted by molar-refractivity contribution is 7.24. The number of hydrogen-bond donors (Lipinski definition) is 0. The first-order valence-corrected chi connectivity index (χ1v) is 13.5. The summed E-state index contributed by atoms with van der Waals surface area (Å²) in [4.78, 5) is 25.5. The average molecular weight is 547 g/mol. The topological polar surface area (TPSA) is 127 Å². The number of rotatable bonds is 12. The first-order chi connectivity index (χ1) is 17.0. The molecular weight excluding hydrogens is 503 g/mol. The SMILES string of the molecule is CO[C@](C)(C[C@@H](C)C[N+](=O)[O-])[C@H](O[C@@H]1O[C@H](C)CC(N(C)C)[C@H]1P=O)[C@@H](C)C1=C(C)C(=O)OC(C)(C)O1. The fraction of sp³-hybridized carbons (Fsp3) is 0.880. The Morgan fingerprint density at radius 1 is 1.30 bits per heavy atom. The molecule has 2 rings (SSSR count). The summed E-state index contributed by atoms with van der Waals surface area (Å²) in [5.41, 5.74) is -1.22. The molecule has 0 saturated carbocycles. The monoisotopic (exact) mass is 546 g/mol. The number of nitro groups is 1. The van der Waals surface area contributed by atoms with Crippen molar-refractivity contribution in [2.45, 2.75) is 103 Å². The van der Waals surface area contributed by atoms with Crippen molar-refractivity contribution in [3.05, 3.63) is 21.4 Å². The molecule has 12 heteroatoms. The van der Waals surface area contributed by atoms with Gasteiger partial charge in [0.15, 0.2) is 14.8 Å². The molecular formula is C25H43N2O9P. The molecule has 0 radical (unpaired) electrons. The predicted octanol–water partition coefficient (Wildman–Crippen LogP) is 4.02. The van der Waals surface area contributed by atoms with E-state index in [1.54, 1.807) is 27.7 Å². The second kappa shape index (κ2) is 12.5. The van der Waals surface area contributed by atoms with Gasteiger partial charge in [0.1, 0.15) is 11.4 Å². The second-order valence-corrected chi connectivity index (χ2v) is 12.1. The Balaban J connectivity index is 2.56. The van der Waals surface area contributed by atoms with Crippen molar-refractivity contribution in [2.75, 3.05) is 27.7 Å². The maximum atomic E-state index is 12.6. The van der Waals surface area contributed by atoms with E-state index >= 15 is 0 Å². The third-order valence-corrected chi connectivity index (χ3v) is 8.03. The number of esters is 1. The third kappa shape index (κ3) is 7.69. The fourth-order valence-corrected chi connectivity index (χ4v) is 6.14. The van der Waals surface area contributed by atoms with Gasteiger partial charge in [0, 0.05) is 43.8 Å². The molecule has 212 valence electrons. The van der Waals surface area contributed by atoms with Crippen LogP contribution in [-0.2, 0) is 33.0 Å². The van der Waals surface area contributed by atoms with Gasteiger partial charge in [-0.3, -0.25) is 14.7 Å². The van der Waals surface area contributed by atoms with Crippen molar-refractivity contribution in [3.8, 4) is 0 Å². The van der Waals surface area contributed by atoms with Crippen LogP contribution in [0.3, 0.4) is 0 Å². The van der Waals surface area contributed by atoms with E-state index in [-0.39, 0.29) is 38.0 Å². The van der Waals surface area contributed by atoms with Crippen LogP contribution in [0.15, 0.2) is 11.3 Å². The Morgan fingerprint density at radius 3 is 2.43 bits per heavy atom. The maximum Gasteiger partial charge on any atom is 0.340 e. The molecule has 1 fully saturated rings. The number of methoxy groups -OCH3 is 1. The smallest absolute Gasteiger partial charge is 0.340 e. The summed E-state index contributed by atoms with van der Waals surface area (Å²) in [5.74, 6) is -2.17. The van der Waals surface area contributed by atoms with Crippen LogP contribution < -0.4 is 0 Å². The zero-order valence-corrected chi connectivity index (χ0v) is 24.6. The number of carbonyl (C=O) groups excluding carboxylic acids is 1. The van der Waals surface area contributed by atoms with Gasteiger partial charge in [0.2, 0.25) is 12.3 Å². The van der Waals surface area contributed by atoms with E-state index in [1.807, 2.05) is 39.8 Å². The Kier molecular flexibility index (Phi) is 10.6. The molecule has 8 atom stereocenters. The molecule has 2 aliphatic rings. The minimum Gasteiger partial charge on any atom is -0.456 e. The van der Waals surface area contributed by atoms with Gasteiger partial charge >= 0.3 is 5.97 Å². The average Bonchev–Trinajstić information content (AvgIpc) is 2.77. The molecule has 11 nitrogen and oxygen atoms in total. The summed E-state index contributed by atoms with van der Waals surface area (Å²) in [5, 5.41) is 11.2. The van der Waals surface area contributed by atoms with Crippen molar-refractivity contribution >= 4 is 14.4 Å². The lowest BCUT2D eigenvalue weighted by molar-refractivity contribution is -0.488. The second-order valence-electron chi connectivity index (χ2n) is 11.2. The molecule has 1 saturated heterocycles. The molecule has 0 aromatic rings. The molecule has 2 heterocycles. The van der Waals surface area contributed by atoms with Crippen molar-refractivity contribution in [1.82, 2.24) is 4.90 Å². The van der Waals surface area contributed by atoms with Crippen LogP contribution in [0.2, 0.25) is 0 Å². The number of ether oxygens (including phenoxy) is 5. The zero-order valence-electron chi connectivity index (χ0n) is 23.7. The molecule has 37 heavy (non-hydrogen) atoms. The van der Waals surface area contributed by atoms with E-state index in [9.17, 15) is 19.5 Å². The molecule has 0 bridgehead atoms. The lowest BCUT2D eigenvalue weighted by Gasteiger charge is -2.47. The molecule has 0 aromatic carbocycles. The Hall–Kier alpha value is -1.65. The van der Waals surface area contributed by atoms with Crippen molar-refractivity contribution in [1.29, 1.82) is 0 Å². The molecule has 0 amide bonds. The van der Waals surface area contributed by atoms with Crippen LogP contribution in [0.25, 0.3) is 0 Å². The summed E-state index contributed by atoms with van der Waals surface area (Å²) in [7, 11) is 5.25. The van der Waals surface area contributed by atoms with E-state index < -0.39 is 41.3 Å². The first-order valence-electron chi connectivity index (χ1n) is 12.6. The number of carbonyl (C=O) groups is 1. The molecule has 0 aromatic heterocycles. The minimum atomic E-state index is -1.19. The van der Waals surface area contributed by atoms with Crippen molar-refractivity contribution < 1.29 is 38.0 Å². The van der Waals surface area contributed by atoms with Crippen LogP contribution in [0.5, 0.6) is 0 Å². The summed E-state index contributed by atoms with van der Waals surface area (Å²) in [6.07, 6.45) is -0.816. The molecule has 0 aliphatic carbocycles. The van der Waals surface area contributed by atoms with Crippen LogP contribution in [0.4, 0.5) is 0 Å². The number of hydrogen-bond acceptors (Lipinski definition) is 10. The van der Waals surface area contributed by atoms with Crippen LogP contribution in [0.1, 0.15) is 61.3 Å². The summed E-state index contributed by atoms with van der Waals surface area (Å²) < 4.78 is 42.7. The fourth-order valence-electron chi connectivity index (χ4n) is 5.37. The Morgan fingerprint density at radius 2 is 1.92 bits per heavy atom. The normalized spacial score (nSPS) is 30.3. The highest BCUT2D eigenvalue weighted by atomic mass is 31.1. The van der Waals surface area contributed by atoms with Crippen LogP contribution in [-0.4, -0.2) is 85.1 Å². The van der Waals surface area contributed by atoms with Gasteiger partial charge in [0.05, 0.1) is 23.4 Å². The zero-order chi connectivity index (χ0) is 28.3. The number of cyclic esters (lactones) is 1. The highest BCUT2D eigenvalue weighted by Gasteiger charge is 2.49. The summed E-state index contributed by atoms with van der Waals surface area (Å²) in [6.45, 7) is 12.1. The van der Waals surface area contributed by atoms with Gasteiger partial charge in [-0.1, -0.05) is 13.8 Å². The summed E-state index contributed by atoms with van der Waals surface area (Å²) >= 11 is 0. The number of nitrogens with zero attached hydrogens (tertiary/aromatic N) is 2. The molecule has 0 spiro atoms. The predicted molar refractivity (Wildman–Crippen MR) is 137 cm³/mol. The van der Waals surface area contributed by atoms with Crippen LogP contribution in [0, 0.1) is 22.0 Å². The van der Waals surface area contributed by atoms with Crippen LogP contribution >= 0.6 is 8.46 Å². The van der Waals surface area contributed by atoms with Gasteiger partial charge in [-0.2, -0.15) is 0 Å². The Bertz CT molecular complexity index is 880. The van der Waals surface area contributed by atoms with Crippen molar-refractivity contribution in [3.63, 3.8) is 0 Å². The van der Waals surface area contributed by atoms with Gasteiger partial charge in [-0.15, -0.1) is 0 Å². The standard InChI is InChI=1S/C25H43N2O9P/c1-14(13-27(29)30)12-25(7,32-10)21(16(3)19-17(4)22(28)36-24(5,6)35-19)34-23-20(37-31)18(26(8)9)11-15(2)33-23/h14-16,18,20-21,23H,11-13H2,1-10H3/t14-,15-,16+,18?,20-,21-,23+,25-/m1/s1. The highest BCUT2D eigenvalue weighted by Crippen LogP contribution is 2.41. The quantitative estimate of drug-likeness (QED) is 0.153. The van der Waals surface area contributed by atoms with Gasteiger partial charge in [-0.05, 0) is 47.7 Å². The van der Waals surface area contributed by atoms with Gasteiger partial charge < -0.3 is 28.6 Å². The first kappa shape index (κ1) is 31.6. The van der Waals surface area contributed by atoms with Gasteiger partial charge in [0.25, 0.3) is 0 Å². The lowest BCUT2D eigenvalue weighted by Crippen LogP contribution is -2.57. The van der Waals surface area contributed by atoms with E-state index in [2.05, 4.69) is 0 Å². The Labute approximate surface area is 221 Å². The molecule has 0 N–H and O–H groups in total. The third-order valence-electron chi connectivity index (χ3n) is 7.20. The maximum absolute atomic E-state index is 12.6. The summed E-state index contributed by atoms with van der Waals surface area (Å²) in [6, 6.07) is -0.0631. The van der Waals surface area contributed by atoms with Crippen molar-refractivity contribution in [2.24, 2.45) is 11.8 Å². The largest absolute Gasteiger partial charge is 0.456 e. The lowest BCUT2D eigenvalue weighted by atomic mass is 9.80. The minimum absolute atomic E-state index is 0.0631. The molecule has 2 aliphatic heterocycles. The van der Waals surface area contributed by atoms with Gasteiger partial charge in [-0.25, -0.2) is 4.79 Å². The molecule has 1 unspecified atom stereocenters. The van der Waals surface area contributed by atoms with E-state index in [1.165, 1.54) is 7.11 Å². The van der Waals surface area contributed by atoms with E-state index in [0.29, 0.717) is 24.2 Å². The van der Waals surface area contributed by atoms with E-state index in [4.69, 9.17) is 23.7 Å². The van der Waals surface area contributed by atoms with E-state index in [0.717, 1.165) is 0 Å².